The Hall–Kier alpha value is -1.84. The van der Waals surface area contributed by atoms with Crippen molar-refractivity contribution in [2.45, 2.75) is 17.2 Å². The Bertz CT molecular complexity index is 800. The second-order valence-electron chi connectivity index (χ2n) is 4.49. The van der Waals surface area contributed by atoms with E-state index in [4.69, 9.17) is 5.11 Å². The van der Waals surface area contributed by atoms with Gasteiger partial charge in [-0.05, 0) is 11.6 Å². The third kappa shape index (κ3) is 2.43. The van der Waals surface area contributed by atoms with E-state index in [0.29, 0.717) is 6.42 Å². The van der Waals surface area contributed by atoms with Crippen LogP contribution in [0.1, 0.15) is 21.7 Å². The Morgan fingerprint density at radius 3 is 2.95 bits per heavy atom. The zero-order valence-electron chi connectivity index (χ0n) is 10.8. The number of fused-ring (bicyclic) bond motifs is 1. The van der Waals surface area contributed by atoms with Crippen LogP contribution in [0.25, 0.3) is 0 Å². The van der Waals surface area contributed by atoms with Gasteiger partial charge in [-0.3, -0.25) is 4.98 Å². The average Bonchev–Trinajstić information content (AvgIpc) is 2.97. The lowest BCUT2D eigenvalue weighted by Crippen LogP contribution is -2.36. The summed E-state index contributed by atoms with van der Waals surface area (Å²) in [6, 6.07) is 3.58. The van der Waals surface area contributed by atoms with E-state index >= 15 is 0 Å². The van der Waals surface area contributed by atoms with E-state index in [2.05, 4.69) is 9.97 Å². The van der Waals surface area contributed by atoms with Crippen LogP contribution in [0.15, 0.2) is 28.0 Å². The summed E-state index contributed by atoms with van der Waals surface area (Å²) in [5.41, 5.74) is 2.54. The maximum absolute atomic E-state index is 12.6. The number of pyridine rings is 1. The van der Waals surface area contributed by atoms with E-state index in [1.54, 1.807) is 12.3 Å². The van der Waals surface area contributed by atoms with Gasteiger partial charge in [-0.1, -0.05) is 6.07 Å². The molecule has 1 aliphatic rings. The summed E-state index contributed by atoms with van der Waals surface area (Å²) in [6.45, 7) is 0.478. The molecule has 0 saturated heterocycles. The molecule has 3 heterocycles. The summed E-state index contributed by atoms with van der Waals surface area (Å²) in [6.07, 6.45) is 2.19. The number of carbonyl (C=O) groups is 1. The lowest BCUT2D eigenvalue weighted by Gasteiger charge is -2.26. The topological polar surface area (TPSA) is 100 Å². The summed E-state index contributed by atoms with van der Waals surface area (Å²) in [4.78, 5) is 18.9. The van der Waals surface area contributed by atoms with E-state index in [9.17, 15) is 13.2 Å². The van der Waals surface area contributed by atoms with E-state index < -0.39 is 21.7 Å². The van der Waals surface area contributed by atoms with E-state index in [1.807, 2.05) is 6.07 Å². The van der Waals surface area contributed by atoms with Crippen LogP contribution >= 0.6 is 11.3 Å². The first-order chi connectivity index (χ1) is 10.00. The molecule has 0 fully saturated rings. The van der Waals surface area contributed by atoms with Crippen molar-refractivity contribution in [3.8, 4) is 0 Å². The maximum atomic E-state index is 12.6. The van der Waals surface area contributed by atoms with Crippen LogP contribution in [0.3, 0.4) is 0 Å². The minimum atomic E-state index is -3.86. The molecule has 2 aromatic rings. The molecule has 0 amide bonds. The summed E-state index contributed by atoms with van der Waals surface area (Å²) >= 11 is 0.823. The smallest absolute Gasteiger partial charge is 0.356 e. The van der Waals surface area contributed by atoms with E-state index in [0.717, 1.165) is 22.6 Å². The number of hydrogen-bond acceptors (Lipinski definition) is 6. The van der Waals surface area contributed by atoms with Gasteiger partial charge in [0.2, 0.25) is 0 Å². The molecular formula is C12H11N3O4S2. The van der Waals surface area contributed by atoms with Crippen molar-refractivity contribution in [2.75, 3.05) is 6.54 Å². The first kappa shape index (κ1) is 14.1. The SMILES string of the molecule is O=C(O)c1ncsc1S(=O)(=O)N1CCc2ncccc2C1. The lowest BCUT2D eigenvalue weighted by atomic mass is 10.1. The molecule has 0 bridgehead atoms. The van der Waals surface area contributed by atoms with Gasteiger partial charge < -0.3 is 5.11 Å². The third-order valence-electron chi connectivity index (χ3n) is 3.24. The lowest BCUT2D eigenvalue weighted by molar-refractivity contribution is 0.0687. The molecule has 0 aliphatic carbocycles. The Morgan fingerprint density at radius 2 is 2.19 bits per heavy atom. The summed E-state index contributed by atoms with van der Waals surface area (Å²) in [5, 5.41) is 9.03. The molecule has 3 rings (SSSR count). The molecule has 0 aromatic carbocycles. The fraction of sp³-hybridized carbons (Fsp3) is 0.250. The molecule has 0 unspecified atom stereocenters. The Morgan fingerprint density at radius 1 is 1.38 bits per heavy atom. The van der Waals surface area contributed by atoms with Gasteiger partial charge in [0, 0.05) is 31.4 Å². The summed E-state index contributed by atoms with van der Waals surface area (Å²) < 4.78 is 26.2. The number of aromatic nitrogens is 2. The minimum absolute atomic E-state index is 0.197. The second kappa shape index (κ2) is 5.17. The van der Waals surface area contributed by atoms with Crippen molar-refractivity contribution < 1.29 is 18.3 Å². The first-order valence-corrected chi connectivity index (χ1v) is 8.42. The monoisotopic (exact) mass is 325 g/mol. The molecular weight excluding hydrogens is 314 g/mol. The van der Waals surface area contributed by atoms with Crippen LogP contribution in [0.5, 0.6) is 0 Å². The van der Waals surface area contributed by atoms with Gasteiger partial charge in [0.25, 0.3) is 10.0 Å². The number of carboxylic acid groups (broad SMARTS) is 1. The van der Waals surface area contributed by atoms with Crippen molar-refractivity contribution in [1.82, 2.24) is 14.3 Å². The van der Waals surface area contributed by atoms with Crippen molar-refractivity contribution >= 4 is 27.3 Å². The molecule has 2 aromatic heterocycles. The van der Waals surface area contributed by atoms with Crippen molar-refractivity contribution in [3.05, 3.63) is 40.8 Å². The van der Waals surface area contributed by atoms with Crippen molar-refractivity contribution in [2.24, 2.45) is 0 Å². The molecule has 0 saturated carbocycles. The molecule has 0 radical (unpaired) electrons. The molecule has 0 spiro atoms. The van der Waals surface area contributed by atoms with Gasteiger partial charge in [-0.15, -0.1) is 11.3 Å². The van der Waals surface area contributed by atoms with E-state index in [1.165, 1.54) is 9.82 Å². The number of nitrogens with zero attached hydrogens (tertiary/aromatic N) is 3. The number of carboxylic acids is 1. The Kier molecular flexibility index (Phi) is 3.47. The molecule has 21 heavy (non-hydrogen) atoms. The molecule has 1 N–H and O–H groups in total. The fourth-order valence-electron chi connectivity index (χ4n) is 2.22. The van der Waals surface area contributed by atoms with Gasteiger partial charge in [-0.2, -0.15) is 4.31 Å². The number of hydrogen-bond donors (Lipinski definition) is 1. The number of thiazole rings is 1. The Balaban J connectivity index is 1.97. The zero-order valence-corrected chi connectivity index (χ0v) is 12.4. The van der Waals surface area contributed by atoms with Gasteiger partial charge in [0.15, 0.2) is 9.90 Å². The fourth-order valence-corrected chi connectivity index (χ4v) is 4.92. The highest BCUT2D eigenvalue weighted by Gasteiger charge is 2.33. The quantitative estimate of drug-likeness (QED) is 0.903. The average molecular weight is 325 g/mol. The number of aromatic carboxylic acids is 1. The Labute approximate surface area is 124 Å². The maximum Gasteiger partial charge on any atom is 0.356 e. The molecule has 9 heteroatoms. The van der Waals surface area contributed by atoms with Crippen LogP contribution in [0.2, 0.25) is 0 Å². The zero-order chi connectivity index (χ0) is 15.0. The van der Waals surface area contributed by atoms with Gasteiger partial charge in [0.1, 0.15) is 0 Å². The van der Waals surface area contributed by atoms with Crippen LogP contribution in [0, 0.1) is 0 Å². The summed E-state index contributed by atoms with van der Waals surface area (Å²) in [7, 11) is -3.86. The predicted molar refractivity (Wildman–Crippen MR) is 74.6 cm³/mol. The van der Waals surface area contributed by atoms with Gasteiger partial charge in [0.05, 0.1) is 5.51 Å². The highest BCUT2D eigenvalue weighted by molar-refractivity contribution is 7.91. The van der Waals surface area contributed by atoms with Gasteiger partial charge >= 0.3 is 5.97 Å². The van der Waals surface area contributed by atoms with E-state index in [-0.39, 0.29) is 17.3 Å². The van der Waals surface area contributed by atoms with Crippen molar-refractivity contribution in [3.63, 3.8) is 0 Å². The normalized spacial score (nSPS) is 15.6. The van der Waals surface area contributed by atoms with Crippen LogP contribution < -0.4 is 0 Å². The predicted octanol–water partition coefficient (Wildman–Crippen LogP) is 0.983. The highest BCUT2D eigenvalue weighted by Crippen LogP contribution is 2.28. The highest BCUT2D eigenvalue weighted by atomic mass is 32.2. The molecule has 0 atom stereocenters. The van der Waals surface area contributed by atoms with Gasteiger partial charge in [-0.25, -0.2) is 18.2 Å². The van der Waals surface area contributed by atoms with Crippen LogP contribution in [-0.4, -0.2) is 40.3 Å². The second-order valence-corrected chi connectivity index (χ2v) is 7.48. The number of rotatable bonds is 3. The molecule has 7 nitrogen and oxygen atoms in total. The third-order valence-corrected chi connectivity index (χ3v) is 6.43. The largest absolute Gasteiger partial charge is 0.476 e. The molecule has 110 valence electrons. The van der Waals surface area contributed by atoms with Crippen LogP contribution in [0.4, 0.5) is 0 Å². The van der Waals surface area contributed by atoms with Crippen molar-refractivity contribution in [1.29, 1.82) is 0 Å². The first-order valence-electron chi connectivity index (χ1n) is 6.10. The summed E-state index contributed by atoms with van der Waals surface area (Å²) in [5.74, 6) is -1.34. The minimum Gasteiger partial charge on any atom is -0.476 e. The number of sulfonamides is 1. The van der Waals surface area contributed by atoms with Crippen LogP contribution in [-0.2, 0) is 23.0 Å². The molecule has 1 aliphatic heterocycles. The standard InChI is InChI=1S/C12H11N3O4S2/c16-11(17)10-12(20-7-14-10)21(18,19)15-5-3-9-8(6-15)2-1-4-13-9/h1-2,4,7H,3,5-6H2,(H,16,17).